The summed E-state index contributed by atoms with van der Waals surface area (Å²) in [5.74, 6) is 0. The van der Waals surface area contributed by atoms with Gasteiger partial charge < -0.3 is 13.6 Å². The van der Waals surface area contributed by atoms with Crippen molar-refractivity contribution in [3.05, 3.63) is 0 Å². The molecule has 0 rings (SSSR count). The molecule has 0 atom stereocenters. The molecule has 0 saturated heterocycles. The largest absolute Gasteiger partial charge is 0.398 e. The van der Waals surface area contributed by atoms with E-state index in [2.05, 4.69) is 6.55 Å². The van der Waals surface area contributed by atoms with Gasteiger partial charge in [-0.05, 0) is 25.9 Å². The van der Waals surface area contributed by atoms with E-state index >= 15 is 0 Å². The molecule has 3 nitrogen and oxygen atoms in total. The summed E-state index contributed by atoms with van der Waals surface area (Å²) in [7, 11) is 1.61. The van der Waals surface area contributed by atoms with Gasteiger partial charge in [0.05, 0.1) is 0 Å². The summed E-state index contributed by atoms with van der Waals surface area (Å²) in [6.07, 6.45) is 1.03. The Kier molecular flexibility index (Phi) is 6.65. The first-order valence-corrected chi connectivity index (χ1v) is 6.89. The zero-order valence-electron chi connectivity index (χ0n) is 8.55. The van der Waals surface area contributed by atoms with Crippen LogP contribution < -0.4 is 0 Å². The van der Waals surface area contributed by atoms with Gasteiger partial charge in [-0.25, -0.2) is 0 Å². The van der Waals surface area contributed by atoms with Crippen LogP contribution in [-0.2, 0) is 13.6 Å². The molecule has 0 aromatic rings. The smallest absolute Gasteiger partial charge is 0.334 e. The molecule has 0 saturated carbocycles. The maximum atomic E-state index is 5.33. The number of ether oxygens (including phenoxy) is 1. The van der Waals surface area contributed by atoms with E-state index in [-0.39, 0.29) is 0 Å². The third-order valence-electron chi connectivity index (χ3n) is 1.99. The van der Waals surface area contributed by atoms with Gasteiger partial charge in [-0.15, -0.1) is 0 Å². The van der Waals surface area contributed by atoms with Crippen LogP contribution in [0.3, 0.4) is 0 Å². The van der Waals surface area contributed by atoms with Crippen molar-refractivity contribution in [2.45, 2.75) is 25.9 Å². The average Bonchev–Trinajstić information content (AvgIpc) is 2.12. The van der Waals surface area contributed by atoms with Crippen LogP contribution in [-0.4, -0.2) is 36.0 Å². The second kappa shape index (κ2) is 6.60. The predicted molar refractivity (Wildman–Crippen MR) is 51.6 cm³/mol. The highest BCUT2D eigenvalue weighted by molar-refractivity contribution is 6.65. The van der Waals surface area contributed by atoms with Gasteiger partial charge in [-0.2, -0.15) is 0 Å². The molecule has 0 radical (unpaired) electrons. The van der Waals surface area contributed by atoms with Crippen molar-refractivity contribution in [2.75, 3.05) is 27.4 Å². The maximum Gasteiger partial charge on any atom is 0.334 e. The summed E-state index contributed by atoms with van der Waals surface area (Å²) in [5, 5.41) is 0. The Morgan fingerprint density at radius 1 is 1.17 bits per heavy atom. The van der Waals surface area contributed by atoms with Crippen LogP contribution in [0.15, 0.2) is 0 Å². The highest BCUT2D eigenvalue weighted by atomic mass is 28.4. The molecule has 0 heterocycles. The van der Waals surface area contributed by atoms with Crippen LogP contribution in [0.1, 0.15) is 13.3 Å². The Balaban J connectivity index is 3.45. The van der Waals surface area contributed by atoms with Crippen molar-refractivity contribution in [3.63, 3.8) is 0 Å². The summed E-state index contributed by atoms with van der Waals surface area (Å²) in [6.45, 7) is 5.67. The minimum atomic E-state index is -1.83. The minimum Gasteiger partial charge on any atom is -0.398 e. The molecule has 0 bridgehead atoms. The van der Waals surface area contributed by atoms with Gasteiger partial charge in [0.25, 0.3) is 0 Å². The lowest BCUT2D eigenvalue weighted by atomic mass is 10.5. The summed E-state index contributed by atoms with van der Waals surface area (Å²) < 4.78 is 15.9. The Morgan fingerprint density at radius 2 is 1.75 bits per heavy atom. The van der Waals surface area contributed by atoms with Crippen molar-refractivity contribution < 1.29 is 13.6 Å². The fraction of sp³-hybridized carbons (Fsp3) is 1.00. The predicted octanol–water partition coefficient (Wildman–Crippen LogP) is 1.78. The first kappa shape index (κ1) is 12.1. The summed E-state index contributed by atoms with van der Waals surface area (Å²) in [6, 6.07) is 1.00. The van der Waals surface area contributed by atoms with E-state index in [1.165, 1.54) is 0 Å². The molecule has 0 aliphatic carbocycles. The lowest BCUT2D eigenvalue weighted by Crippen LogP contribution is -2.36. The number of hydrogen-bond donors (Lipinski definition) is 0. The standard InChI is InChI=1S/C8H20O3Si/c1-5-11-7-6-8-12(4,9-2)10-3/h5-8H2,1-4H3. The topological polar surface area (TPSA) is 27.7 Å². The highest BCUT2D eigenvalue weighted by Crippen LogP contribution is 2.13. The van der Waals surface area contributed by atoms with Gasteiger partial charge in [0.1, 0.15) is 0 Å². The molecule has 0 fully saturated rings. The summed E-state index contributed by atoms with van der Waals surface area (Å²) in [5.41, 5.74) is 0. The quantitative estimate of drug-likeness (QED) is 0.454. The van der Waals surface area contributed by atoms with Gasteiger partial charge in [0.15, 0.2) is 0 Å². The van der Waals surface area contributed by atoms with Crippen molar-refractivity contribution >= 4 is 8.56 Å². The van der Waals surface area contributed by atoms with Crippen LogP contribution in [0.25, 0.3) is 0 Å². The minimum absolute atomic E-state index is 0.790. The monoisotopic (exact) mass is 192 g/mol. The number of rotatable bonds is 7. The van der Waals surface area contributed by atoms with E-state index in [1.807, 2.05) is 6.92 Å². The van der Waals surface area contributed by atoms with Gasteiger partial charge in [-0.3, -0.25) is 0 Å². The second-order valence-corrected chi connectivity index (χ2v) is 6.43. The Labute approximate surface area is 76.3 Å². The number of hydrogen-bond acceptors (Lipinski definition) is 3. The molecule has 0 aromatic heterocycles. The first-order chi connectivity index (χ1) is 5.68. The van der Waals surface area contributed by atoms with Crippen LogP contribution in [0.4, 0.5) is 0 Å². The fourth-order valence-electron chi connectivity index (χ4n) is 0.927. The van der Waals surface area contributed by atoms with Crippen LogP contribution in [0, 0.1) is 0 Å². The van der Waals surface area contributed by atoms with E-state index < -0.39 is 8.56 Å². The molecule has 0 aliphatic heterocycles. The zero-order chi connectivity index (χ0) is 9.45. The van der Waals surface area contributed by atoms with Crippen molar-refractivity contribution in [1.82, 2.24) is 0 Å². The lowest BCUT2D eigenvalue weighted by Gasteiger charge is -2.22. The molecule has 0 N–H and O–H groups in total. The van der Waals surface area contributed by atoms with E-state index in [0.717, 1.165) is 25.7 Å². The molecule has 0 unspecified atom stereocenters. The van der Waals surface area contributed by atoms with E-state index in [4.69, 9.17) is 13.6 Å². The first-order valence-electron chi connectivity index (χ1n) is 4.36. The highest BCUT2D eigenvalue weighted by Gasteiger charge is 2.27. The van der Waals surface area contributed by atoms with Gasteiger partial charge >= 0.3 is 8.56 Å². The molecule has 4 heteroatoms. The van der Waals surface area contributed by atoms with E-state index in [0.29, 0.717) is 0 Å². The SMILES string of the molecule is CCOCCC[Si](C)(OC)OC. The van der Waals surface area contributed by atoms with Gasteiger partial charge in [-0.1, -0.05) is 0 Å². The van der Waals surface area contributed by atoms with E-state index in [9.17, 15) is 0 Å². The molecule has 0 aromatic carbocycles. The van der Waals surface area contributed by atoms with Crippen molar-refractivity contribution in [1.29, 1.82) is 0 Å². The van der Waals surface area contributed by atoms with Crippen LogP contribution >= 0.6 is 0 Å². The third kappa shape index (κ3) is 4.87. The molecular formula is C8H20O3Si. The second-order valence-electron chi connectivity index (χ2n) is 2.84. The van der Waals surface area contributed by atoms with Crippen molar-refractivity contribution in [3.8, 4) is 0 Å². The Bertz CT molecular complexity index is 104. The summed E-state index contributed by atoms with van der Waals surface area (Å²) >= 11 is 0. The fourth-order valence-corrected chi connectivity index (χ4v) is 2.29. The third-order valence-corrected chi connectivity index (χ3v) is 4.98. The zero-order valence-corrected chi connectivity index (χ0v) is 9.55. The normalized spacial score (nSPS) is 12.0. The molecular weight excluding hydrogens is 172 g/mol. The van der Waals surface area contributed by atoms with Crippen LogP contribution in [0.2, 0.25) is 12.6 Å². The molecule has 0 amide bonds. The van der Waals surface area contributed by atoms with Gasteiger partial charge in [0.2, 0.25) is 0 Å². The average molecular weight is 192 g/mol. The molecule has 0 spiro atoms. The molecule has 74 valence electrons. The van der Waals surface area contributed by atoms with Crippen LogP contribution in [0.5, 0.6) is 0 Å². The Morgan fingerprint density at radius 3 is 2.17 bits per heavy atom. The van der Waals surface area contributed by atoms with E-state index in [1.54, 1.807) is 14.2 Å². The summed E-state index contributed by atoms with van der Waals surface area (Å²) in [4.78, 5) is 0. The maximum absolute atomic E-state index is 5.33. The van der Waals surface area contributed by atoms with Gasteiger partial charge in [0, 0.05) is 27.4 Å². The van der Waals surface area contributed by atoms with Crippen molar-refractivity contribution in [2.24, 2.45) is 0 Å². The molecule has 0 aliphatic rings. The Hall–Kier alpha value is 0.0969. The molecule has 12 heavy (non-hydrogen) atoms. The lowest BCUT2D eigenvalue weighted by molar-refractivity contribution is 0.144.